The van der Waals surface area contributed by atoms with Gasteiger partial charge in [0, 0.05) is 12.7 Å². The minimum atomic E-state index is -0.652. The molecule has 1 aliphatic rings. The highest BCUT2D eigenvalue weighted by Gasteiger charge is 2.42. The summed E-state index contributed by atoms with van der Waals surface area (Å²) in [4.78, 5) is 10.6. The van der Waals surface area contributed by atoms with Crippen LogP contribution >= 0.6 is 0 Å². The van der Waals surface area contributed by atoms with E-state index >= 15 is 0 Å². The summed E-state index contributed by atoms with van der Waals surface area (Å²) in [6.07, 6.45) is 6.64. The van der Waals surface area contributed by atoms with Gasteiger partial charge in [0.15, 0.2) is 0 Å². The normalized spacial score (nSPS) is 24.1. The maximum absolute atomic E-state index is 10.6. The van der Waals surface area contributed by atoms with Crippen molar-refractivity contribution >= 4 is 5.97 Å². The Hall–Kier alpha value is -1.32. The number of carboxylic acids is 1. The number of aryl methyl sites for hydroxylation is 1. The van der Waals surface area contributed by atoms with Crippen molar-refractivity contribution in [2.75, 3.05) is 0 Å². The minimum absolute atomic E-state index is 0.112. The molecule has 1 saturated carbocycles. The third-order valence-electron chi connectivity index (χ3n) is 2.88. The molecule has 0 aliphatic heterocycles. The number of aliphatic carboxylic acids is 1. The highest BCUT2D eigenvalue weighted by Crippen LogP contribution is 2.41. The Kier molecular flexibility index (Phi) is 2.75. The zero-order valence-corrected chi connectivity index (χ0v) is 8.89. The molecule has 1 aliphatic carbocycles. The van der Waals surface area contributed by atoms with Crippen LogP contribution < -0.4 is 0 Å². The number of aromatic nitrogens is 2. The first-order valence-electron chi connectivity index (χ1n) is 5.45. The average molecular weight is 208 g/mol. The van der Waals surface area contributed by atoms with Crippen molar-refractivity contribution in [3.8, 4) is 0 Å². The van der Waals surface area contributed by atoms with E-state index in [0.717, 1.165) is 31.4 Å². The number of hydrogen-bond acceptors (Lipinski definition) is 2. The predicted molar refractivity (Wildman–Crippen MR) is 55.5 cm³/mol. The highest BCUT2D eigenvalue weighted by molar-refractivity contribution is 5.73. The molecule has 0 spiro atoms. The second-order valence-electron chi connectivity index (χ2n) is 4.26. The largest absolute Gasteiger partial charge is 0.481 e. The van der Waals surface area contributed by atoms with Crippen LogP contribution in [0.1, 0.15) is 25.3 Å². The fourth-order valence-corrected chi connectivity index (χ4v) is 1.94. The molecule has 1 heterocycles. The predicted octanol–water partition coefficient (Wildman–Crippen LogP) is 1.56. The summed E-state index contributed by atoms with van der Waals surface area (Å²) in [6.45, 7) is 3.05. The van der Waals surface area contributed by atoms with Crippen molar-refractivity contribution in [3.05, 3.63) is 18.0 Å². The Balaban J connectivity index is 1.87. The lowest BCUT2D eigenvalue weighted by molar-refractivity contribution is -0.138. The quantitative estimate of drug-likeness (QED) is 0.798. The summed E-state index contributed by atoms with van der Waals surface area (Å²) >= 11 is 0. The smallest absolute Gasteiger partial charge is 0.306 e. The SMILES string of the molecule is CCCn1cc(CC2CC2C(=O)O)cn1. The van der Waals surface area contributed by atoms with Gasteiger partial charge in [0.05, 0.1) is 12.1 Å². The van der Waals surface area contributed by atoms with Gasteiger partial charge in [0.1, 0.15) is 0 Å². The lowest BCUT2D eigenvalue weighted by Gasteiger charge is -1.95. The molecule has 2 unspecified atom stereocenters. The molecule has 0 amide bonds. The van der Waals surface area contributed by atoms with E-state index in [1.807, 2.05) is 17.1 Å². The summed E-state index contributed by atoms with van der Waals surface area (Å²) in [7, 11) is 0. The van der Waals surface area contributed by atoms with Crippen LogP contribution in [0, 0.1) is 11.8 Å². The van der Waals surface area contributed by atoms with Gasteiger partial charge in [0.2, 0.25) is 0 Å². The first-order valence-corrected chi connectivity index (χ1v) is 5.45. The molecule has 82 valence electrons. The zero-order valence-electron chi connectivity index (χ0n) is 8.89. The van der Waals surface area contributed by atoms with Gasteiger partial charge in [-0.15, -0.1) is 0 Å². The first kappa shape index (κ1) is 10.2. The zero-order chi connectivity index (χ0) is 10.8. The first-order chi connectivity index (χ1) is 7.20. The van der Waals surface area contributed by atoms with E-state index < -0.39 is 5.97 Å². The molecule has 4 heteroatoms. The van der Waals surface area contributed by atoms with E-state index in [2.05, 4.69) is 12.0 Å². The molecule has 0 radical (unpaired) electrons. The third-order valence-corrected chi connectivity index (χ3v) is 2.88. The van der Waals surface area contributed by atoms with Gasteiger partial charge in [-0.3, -0.25) is 9.48 Å². The van der Waals surface area contributed by atoms with Crippen LogP contribution in [0.2, 0.25) is 0 Å². The maximum Gasteiger partial charge on any atom is 0.306 e. The number of carboxylic acid groups (broad SMARTS) is 1. The second-order valence-corrected chi connectivity index (χ2v) is 4.26. The van der Waals surface area contributed by atoms with Gasteiger partial charge in [-0.2, -0.15) is 5.10 Å². The van der Waals surface area contributed by atoms with Crippen molar-refractivity contribution in [3.63, 3.8) is 0 Å². The van der Waals surface area contributed by atoms with Crippen LogP contribution in [0.15, 0.2) is 12.4 Å². The Bertz CT molecular complexity index is 359. The van der Waals surface area contributed by atoms with E-state index in [1.165, 1.54) is 0 Å². The lowest BCUT2D eigenvalue weighted by Crippen LogP contribution is -2.00. The summed E-state index contributed by atoms with van der Waals surface area (Å²) in [5.41, 5.74) is 1.16. The van der Waals surface area contributed by atoms with Crippen LogP contribution in [0.5, 0.6) is 0 Å². The average Bonchev–Trinajstić information content (AvgIpc) is 2.81. The highest BCUT2D eigenvalue weighted by atomic mass is 16.4. The Labute approximate surface area is 88.9 Å². The van der Waals surface area contributed by atoms with Crippen molar-refractivity contribution in [1.82, 2.24) is 9.78 Å². The molecule has 0 saturated heterocycles. The van der Waals surface area contributed by atoms with Crippen molar-refractivity contribution in [2.24, 2.45) is 11.8 Å². The van der Waals surface area contributed by atoms with Crippen molar-refractivity contribution < 1.29 is 9.90 Å². The van der Waals surface area contributed by atoms with Gasteiger partial charge < -0.3 is 5.11 Å². The third kappa shape index (κ3) is 2.37. The summed E-state index contributed by atoms with van der Waals surface area (Å²) in [6, 6.07) is 0. The topological polar surface area (TPSA) is 55.1 Å². The molecule has 1 aromatic heterocycles. The van der Waals surface area contributed by atoms with Gasteiger partial charge in [0.25, 0.3) is 0 Å². The van der Waals surface area contributed by atoms with E-state index in [9.17, 15) is 4.79 Å². The molecule has 2 rings (SSSR count). The molecule has 1 N–H and O–H groups in total. The van der Waals surface area contributed by atoms with Gasteiger partial charge >= 0.3 is 5.97 Å². The van der Waals surface area contributed by atoms with Gasteiger partial charge in [-0.1, -0.05) is 6.92 Å². The van der Waals surface area contributed by atoms with Crippen LogP contribution in [0.4, 0.5) is 0 Å². The fraction of sp³-hybridized carbons (Fsp3) is 0.636. The molecular weight excluding hydrogens is 192 g/mol. The summed E-state index contributed by atoms with van der Waals surface area (Å²) in [5, 5.41) is 13.0. The van der Waals surface area contributed by atoms with Crippen LogP contribution in [0.25, 0.3) is 0 Å². The molecule has 0 bridgehead atoms. The number of hydrogen-bond donors (Lipinski definition) is 1. The van der Waals surface area contributed by atoms with E-state index in [0.29, 0.717) is 5.92 Å². The number of carbonyl (C=O) groups is 1. The second kappa shape index (κ2) is 4.04. The van der Waals surface area contributed by atoms with E-state index in [1.54, 1.807) is 0 Å². The fourth-order valence-electron chi connectivity index (χ4n) is 1.94. The van der Waals surface area contributed by atoms with Gasteiger partial charge in [-0.05, 0) is 30.7 Å². The van der Waals surface area contributed by atoms with E-state index in [4.69, 9.17) is 5.11 Å². The van der Waals surface area contributed by atoms with E-state index in [-0.39, 0.29) is 5.92 Å². The molecule has 0 aromatic carbocycles. The number of nitrogens with zero attached hydrogens (tertiary/aromatic N) is 2. The van der Waals surface area contributed by atoms with Crippen LogP contribution in [0.3, 0.4) is 0 Å². The standard InChI is InChI=1S/C11H16N2O2/c1-2-3-13-7-8(6-12-13)4-9-5-10(9)11(14)15/h6-7,9-10H,2-5H2,1H3,(H,14,15). The molecule has 2 atom stereocenters. The maximum atomic E-state index is 10.6. The molecule has 1 fully saturated rings. The molecule has 4 nitrogen and oxygen atoms in total. The minimum Gasteiger partial charge on any atom is -0.481 e. The molecule has 15 heavy (non-hydrogen) atoms. The van der Waals surface area contributed by atoms with Crippen molar-refractivity contribution in [1.29, 1.82) is 0 Å². The molecule has 1 aromatic rings. The van der Waals surface area contributed by atoms with Crippen LogP contribution in [-0.2, 0) is 17.8 Å². The van der Waals surface area contributed by atoms with Crippen LogP contribution in [-0.4, -0.2) is 20.9 Å². The Morgan fingerprint density at radius 1 is 1.73 bits per heavy atom. The lowest BCUT2D eigenvalue weighted by atomic mass is 10.1. The summed E-state index contributed by atoms with van der Waals surface area (Å²) in [5.74, 6) is -0.428. The van der Waals surface area contributed by atoms with Gasteiger partial charge in [-0.25, -0.2) is 0 Å². The van der Waals surface area contributed by atoms with Crippen molar-refractivity contribution in [2.45, 2.75) is 32.7 Å². The monoisotopic (exact) mass is 208 g/mol. The number of rotatable bonds is 5. The molecular formula is C11H16N2O2. The summed E-state index contributed by atoms with van der Waals surface area (Å²) < 4.78 is 1.92. The Morgan fingerprint density at radius 3 is 3.13 bits per heavy atom. The Morgan fingerprint density at radius 2 is 2.53 bits per heavy atom.